The second-order valence-electron chi connectivity index (χ2n) is 1.21. The van der Waals surface area contributed by atoms with E-state index in [1.165, 1.54) is 0 Å². The van der Waals surface area contributed by atoms with Gasteiger partial charge >= 0.3 is 0 Å². The molecule has 2 heteroatoms. The molecule has 0 amide bonds. The van der Waals surface area contributed by atoms with Crippen LogP contribution in [0.4, 0.5) is 0 Å². The molecule has 0 fully saturated rings. The Morgan fingerprint density at radius 2 is 2.50 bits per heavy atom. The Morgan fingerprint density at radius 1 is 1.75 bits per heavy atom. The SMILES string of the molecule is C=C=CCOCCO. The van der Waals surface area contributed by atoms with Crippen LogP contribution in [0.1, 0.15) is 0 Å². The van der Waals surface area contributed by atoms with Crippen LogP contribution in [0.3, 0.4) is 0 Å². The Kier molecular flexibility index (Phi) is 5.99. The Balaban J connectivity index is 2.82. The number of aliphatic hydroxyl groups is 1. The van der Waals surface area contributed by atoms with Gasteiger partial charge in [0.25, 0.3) is 0 Å². The van der Waals surface area contributed by atoms with Crippen LogP contribution in [0.2, 0.25) is 0 Å². The van der Waals surface area contributed by atoms with Crippen LogP contribution in [0.5, 0.6) is 0 Å². The molecular weight excluding hydrogens is 104 g/mol. The van der Waals surface area contributed by atoms with Gasteiger partial charge in [0.2, 0.25) is 0 Å². The van der Waals surface area contributed by atoms with Gasteiger partial charge in [-0.2, -0.15) is 0 Å². The minimum absolute atomic E-state index is 0.0744. The molecule has 0 saturated carbocycles. The maximum absolute atomic E-state index is 8.19. The molecule has 1 N–H and O–H groups in total. The fourth-order valence-electron chi connectivity index (χ4n) is 0.266. The maximum Gasteiger partial charge on any atom is 0.0722 e. The normalized spacial score (nSPS) is 8.12. The van der Waals surface area contributed by atoms with Gasteiger partial charge in [-0.3, -0.25) is 0 Å². The summed E-state index contributed by atoms with van der Waals surface area (Å²) in [6.45, 7) is 4.29. The van der Waals surface area contributed by atoms with Crippen LogP contribution in [0, 0.1) is 0 Å². The molecule has 0 aliphatic rings. The van der Waals surface area contributed by atoms with E-state index in [1.807, 2.05) is 0 Å². The lowest BCUT2D eigenvalue weighted by molar-refractivity contribution is 0.112. The summed E-state index contributed by atoms with van der Waals surface area (Å²) in [7, 11) is 0. The summed E-state index contributed by atoms with van der Waals surface area (Å²) < 4.78 is 4.82. The first-order valence-corrected chi connectivity index (χ1v) is 2.44. The first kappa shape index (κ1) is 7.44. The van der Waals surface area contributed by atoms with Gasteiger partial charge in [-0.05, 0) is 6.08 Å². The van der Waals surface area contributed by atoms with Crippen molar-refractivity contribution in [3.05, 3.63) is 18.4 Å². The summed E-state index contributed by atoms with van der Waals surface area (Å²) in [6.07, 6.45) is 1.66. The molecule has 0 aromatic heterocycles. The molecular formula is C6H10O2. The number of rotatable bonds is 4. The van der Waals surface area contributed by atoms with Crippen LogP contribution in [-0.2, 0) is 4.74 Å². The van der Waals surface area contributed by atoms with Crippen LogP contribution in [0.25, 0.3) is 0 Å². The summed E-state index contributed by atoms with van der Waals surface area (Å²) in [5, 5.41) is 8.19. The molecule has 8 heavy (non-hydrogen) atoms. The van der Waals surface area contributed by atoms with Crippen molar-refractivity contribution in [1.29, 1.82) is 0 Å². The molecule has 0 heterocycles. The van der Waals surface area contributed by atoms with Gasteiger partial charge in [-0.25, -0.2) is 0 Å². The third kappa shape index (κ3) is 5.44. The largest absolute Gasteiger partial charge is 0.394 e. The van der Waals surface area contributed by atoms with Crippen LogP contribution < -0.4 is 0 Å². The van der Waals surface area contributed by atoms with E-state index in [1.54, 1.807) is 6.08 Å². The average molecular weight is 114 g/mol. The van der Waals surface area contributed by atoms with E-state index in [-0.39, 0.29) is 6.61 Å². The van der Waals surface area contributed by atoms with E-state index >= 15 is 0 Å². The zero-order chi connectivity index (χ0) is 6.24. The highest BCUT2D eigenvalue weighted by Gasteiger charge is 1.76. The van der Waals surface area contributed by atoms with Gasteiger partial charge < -0.3 is 9.84 Å². The van der Waals surface area contributed by atoms with Crippen molar-refractivity contribution in [1.82, 2.24) is 0 Å². The predicted molar refractivity (Wildman–Crippen MR) is 31.6 cm³/mol. The fourth-order valence-corrected chi connectivity index (χ4v) is 0.266. The van der Waals surface area contributed by atoms with Crippen molar-refractivity contribution in [2.75, 3.05) is 19.8 Å². The van der Waals surface area contributed by atoms with E-state index in [9.17, 15) is 0 Å². The second-order valence-corrected chi connectivity index (χ2v) is 1.21. The van der Waals surface area contributed by atoms with Gasteiger partial charge in [-0.15, -0.1) is 5.73 Å². The maximum atomic E-state index is 8.19. The standard InChI is InChI=1S/C6H10O2/c1-2-3-5-8-6-4-7/h3,7H,1,4-6H2. The first-order valence-electron chi connectivity index (χ1n) is 2.44. The Hall–Kier alpha value is -0.560. The van der Waals surface area contributed by atoms with Crippen molar-refractivity contribution < 1.29 is 9.84 Å². The zero-order valence-electron chi connectivity index (χ0n) is 4.76. The van der Waals surface area contributed by atoms with Gasteiger partial charge in [0.1, 0.15) is 0 Å². The van der Waals surface area contributed by atoms with Crippen LogP contribution >= 0.6 is 0 Å². The number of hydrogen-bond acceptors (Lipinski definition) is 2. The van der Waals surface area contributed by atoms with Crippen LogP contribution in [-0.4, -0.2) is 24.9 Å². The molecule has 0 unspecified atom stereocenters. The fraction of sp³-hybridized carbons (Fsp3) is 0.500. The Labute approximate surface area is 49.1 Å². The van der Waals surface area contributed by atoms with Gasteiger partial charge in [0.05, 0.1) is 19.8 Å². The van der Waals surface area contributed by atoms with Crippen molar-refractivity contribution in [2.24, 2.45) is 0 Å². The van der Waals surface area contributed by atoms with E-state index in [4.69, 9.17) is 9.84 Å². The molecule has 0 spiro atoms. The zero-order valence-corrected chi connectivity index (χ0v) is 4.76. The summed E-state index contributed by atoms with van der Waals surface area (Å²) in [5.41, 5.74) is 2.54. The minimum atomic E-state index is 0.0744. The third-order valence-electron chi connectivity index (χ3n) is 0.581. The van der Waals surface area contributed by atoms with Crippen molar-refractivity contribution in [3.63, 3.8) is 0 Å². The number of ether oxygens (including phenoxy) is 1. The summed E-state index contributed by atoms with van der Waals surface area (Å²) in [4.78, 5) is 0. The van der Waals surface area contributed by atoms with E-state index in [0.717, 1.165) is 0 Å². The Bertz CT molecular complexity index is 82.5. The summed E-state index contributed by atoms with van der Waals surface area (Å²) in [6, 6.07) is 0. The monoisotopic (exact) mass is 114 g/mol. The lowest BCUT2D eigenvalue weighted by Crippen LogP contribution is -1.97. The molecule has 46 valence electrons. The van der Waals surface area contributed by atoms with Crippen LogP contribution in [0.15, 0.2) is 18.4 Å². The van der Waals surface area contributed by atoms with Crippen molar-refractivity contribution in [3.8, 4) is 0 Å². The minimum Gasteiger partial charge on any atom is -0.394 e. The molecule has 0 aromatic rings. The molecule has 0 aliphatic carbocycles. The summed E-state index contributed by atoms with van der Waals surface area (Å²) >= 11 is 0. The molecule has 0 aromatic carbocycles. The number of aliphatic hydroxyl groups excluding tert-OH is 1. The predicted octanol–water partition coefficient (Wildman–Crippen LogP) is 0.336. The molecule has 0 radical (unpaired) electrons. The topological polar surface area (TPSA) is 29.5 Å². The van der Waals surface area contributed by atoms with Crippen molar-refractivity contribution >= 4 is 0 Å². The molecule has 2 nitrogen and oxygen atoms in total. The number of hydrogen-bond donors (Lipinski definition) is 1. The highest BCUT2D eigenvalue weighted by molar-refractivity contribution is 4.74. The van der Waals surface area contributed by atoms with Crippen molar-refractivity contribution in [2.45, 2.75) is 0 Å². The molecule has 0 bridgehead atoms. The van der Waals surface area contributed by atoms with E-state index in [2.05, 4.69) is 12.3 Å². The summed E-state index contributed by atoms with van der Waals surface area (Å²) in [5.74, 6) is 0. The quantitative estimate of drug-likeness (QED) is 0.421. The van der Waals surface area contributed by atoms with Gasteiger partial charge in [-0.1, -0.05) is 6.58 Å². The lowest BCUT2D eigenvalue weighted by Gasteiger charge is -1.92. The molecule has 0 rings (SSSR count). The van der Waals surface area contributed by atoms with Gasteiger partial charge in [0, 0.05) is 0 Å². The third-order valence-corrected chi connectivity index (χ3v) is 0.581. The lowest BCUT2D eigenvalue weighted by atomic mass is 10.6. The van der Waals surface area contributed by atoms with Gasteiger partial charge in [0.15, 0.2) is 0 Å². The molecule has 0 atom stereocenters. The average Bonchev–Trinajstić information content (AvgIpc) is 1.81. The highest BCUT2D eigenvalue weighted by Crippen LogP contribution is 1.72. The Morgan fingerprint density at radius 3 is 3.00 bits per heavy atom. The van der Waals surface area contributed by atoms with E-state index < -0.39 is 0 Å². The van der Waals surface area contributed by atoms with E-state index in [0.29, 0.717) is 13.2 Å². The molecule has 0 aliphatic heterocycles. The first-order chi connectivity index (χ1) is 3.91. The smallest absolute Gasteiger partial charge is 0.0722 e. The molecule has 0 saturated heterocycles. The second kappa shape index (κ2) is 6.44. The highest BCUT2D eigenvalue weighted by atomic mass is 16.5.